The van der Waals surface area contributed by atoms with Crippen LogP contribution in [-0.4, -0.2) is 27.8 Å². The molecule has 0 aliphatic carbocycles. The third-order valence-corrected chi connectivity index (χ3v) is 6.65. The van der Waals surface area contributed by atoms with Gasteiger partial charge in [-0.15, -0.1) is 0 Å². The first kappa shape index (κ1) is 20.8. The molecule has 0 saturated heterocycles. The minimum absolute atomic E-state index is 0.186. The number of nitrogens with two attached hydrogens (primary N) is 1. The molecule has 0 aliphatic rings. The van der Waals surface area contributed by atoms with Crippen LogP contribution < -0.4 is 11.1 Å². The second-order valence-electron chi connectivity index (χ2n) is 7.27. The van der Waals surface area contributed by atoms with E-state index in [-0.39, 0.29) is 18.1 Å². The molecule has 0 heterocycles. The van der Waals surface area contributed by atoms with Crippen LogP contribution in [0.1, 0.15) is 16.8 Å². The van der Waals surface area contributed by atoms with Gasteiger partial charge < -0.3 is 11.1 Å². The summed E-state index contributed by atoms with van der Waals surface area (Å²) in [4.78, 5) is 26.0. The van der Waals surface area contributed by atoms with Crippen LogP contribution in [0.15, 0.2) is 89.8 Å². The van der Waals surface area contributed by atoms with Crippen molar-refractivity contribution in [2.24, 2.45) is 5.73 Å². The summed E-state index contributed by atoms with van der Waals surface area (Å²) in [5.41, 5.74) is 6.06. The minimum Gasteiger partial charge on any atom is -0.368 e. The van der Waals surface area contributed by atoms with Gasteiger partial charge in [-0.2, -0.15) is 0 Å². The fourth-order valence-electron chi connectivity index (χ4n) is 3.69. The third-order valence-electron chi connectivity index (χ3n) is 5.25. The molecule has 6 heteroatoms. The molecule has 3 N–H and O–H groups in total. The van der Waals surface area contributed by atoms with Crippen molar-refractivity contribution < 1.29 is 13.8 Å². The lowest BCUT2D eigenvalue weighted by molar-refractivity contribution is -0.119. The number of fused-ring (bicyclic) bond motifs is 2. The van der Waals surface area contributed by atoms with Crippen molar-refractivity contribution in [2.75, 3.05) is 5.75 Å². The molecule has 31 heavy (non-hydrogen) atoms. The molecule has 0 bridgehead atoms. The first-order valence-electron chi connectivity index (χ1n) is 9.98. The monoisotopic (exact) mass is 430 g/mol. The summed E-state index contributed by atoms with van der Waals surface area (Å²) in [6, 6.07) is 25.4. The maximum atomic E-state index is 13.3. The van der Waals surface area contributed by atoms with E-state index in [2.05, 4.69) is 5.32 Å². The second kappa shape index (κ2) is 9.10. The Bertz CT molecular complexity index is 1230. The zero-order chi connectivity index (χ0) is 21.8. The van der Waals surface area contributed by atoms with Crippen molar-refractivity contribution in [3.8, 4) is 0 Å². The lowest BCUT2D eigenvalue weighted by Crippen LogP contribution is -2.45. The van der Waals surface area contributed by atoms with E-state index in [1.54, 1.807) is 12.1 Å². The Kier molecular flexibility index (Phi) is 6.09. The molecule has 0 spiro atoms. The van der Waals surface area contributed by atoms with Gasteiger partial charge in [-0.05, 0) is 46.2 Å². The van der Waals surface area contributed by atoms with Gasteiger partial charge in [0.1, 0.15) is 6.04 Å². The molecule has 2 amide bonds. The number of rotatable bonds is 7. The summed E-state index contributed by atoms with van der Waals surface area (Å²) in [7, 11) is -1.28. The number of benzene rings is 4. The number of hydrogen-bond donors (Lipinski definition) is 2. The molecule has 4 aromatic rings. The van der Waals surface area contributed by atoms with Gasteiger partial charge >= 0.3 is 0 Å². The molecule has 0 saturated carbocycles. The van der Waals surface area contributed by atoms with Gasteiger partial charge in [0.15, 0.2) is 0 Å². The third kappa shape index (κ3) is 4.49. The maximum absolute atomic E-state index is 13.3. The quantitative estimate of drug-likeness (QED) is 0.437. The summed E-state index contributed by atoms with van der Waals surface area (Å²) in [6.07, 6.45) is 0.186. The molecule has 0 unspecified atom stereocenters. The van der Waals surface area contributed by atoms with E-state index in [1.165, 1.54) is 0 Å². The lowest BCUT2D eigenvalue weighted by atomic mass is 9.96. The Balaban J connectivity index is 1.61. The van der Waals surface area contributed by atoms with Crippen LogP contribution >= 0.6 is 0 Å². The van der Waals surface area contributed by atoms with Gasteiger partial charge in [-0.25, -0.2) is 0 Å². The highest BCUT2D eigenvalue weighted by atomic mass is 32.2. The Labute approximate surface area is 182 Å². The van der Waals surface area contributed by atoms with Crippen LogP contribution in [0.3, 0.4) is 0 Å². The van der Waals surface area contributed by atoms with E-state index in [0.717, 1.165) is 21.5 Å². The van der Waals surface area contributed by atoms with E-state index in [0.29, 0.717) is 10.5 Å². The molecule has 0 aliphatic heterocycles. The highest BCUT2D eigenvalue weighted by molar-refractivity contribution is 7.85. The SMILES string of the molecule is NC(=O)[C@H](CC[S@@](=O)c1ccccc1)NC(=O)c1c2ccccc2cc2ccccc12. The number of primary amides is 1. The minimum atomic E-state index is -1.28. The number of nitrogens with one attached hydrogen (secondary N) is 1. The fraction of sp³-hybridized carbons (Fsp3) is 0.120. The van der Waals surface area contributed by atoms with Crippen molar-refractivity contribution in [3.63, 3.8) is 0 Å². The smallest absolute Gasteiger partial charge is 0.253 e. The van der Waals surface area contributed by atoms with Gasteiger partial charge in [-0.1, -0.05) is 66.7 Å². The van der Waals surface area contributed by atoms with Gasteiger partial charge in [0.2, 0.25) is 5.91 Å². The topological polar surface area (TPSA) is 89.3 Å². The van der Waals surface area contributed by atoms with Gasteiger partial charge in [0.05, 0.1) is 16.4 Å². The summed E-state index contributed by atoms with van der Waals surface area (Å²) in [5.74, 6) is -0.806. The summed E-state index contributed by atoms with van der Waals surface area (Å²) in [6.45, 7) is 0. The Hall–Kier alpha value is -3.51. The van der Waals surface area contributed by atoms with E-state index in [1.807, 2.05) is 72.8 Å². The van der Waals surface area contributed by atoms with Crippen molar-refractivity contribution in [2.45, 2.75) is 17.4 Å². The van der Waals surface area contributed by atoms with Gasteiger partial charge in [0, 0.05) is 10.6 Å². The van der Waals surface area contributed by atoms with Crippen LogP contribution in [0, 0.1) is 0 Å². The van der Waals surface area contributed by atoms with Crippen molar-refractivity contribution in [1.29, 1.82) is 0 Å². The Morgan fingerprint density at radius 2 is 1.39 bits per heavy atom. The lowest BCUT2D eigenvalue weighted by Gasteiger charge is -2.17. The van der Waals surface area contributed by atoms with E-state index in [4.69, 9.17) is 5.73 Å². The highest BCUT2D eigenvalue weighted by Gasteiger charge is 2.22. The molecule has 4 rings (SSSR count). The Morgan fingerprint density at radius 3 is 1.97 bits per heavy atom. The summed E-state index contributed by atoms with van der Waals surface area (Å²) < 4.78 is 12.5. The number of carbonyl (C=O) groups is 2. The molecule has 5 nitrogen and oxygen atoms in total. The summed E-state index contributed by atoms with van der Waals surface area (Å²) >= 11 is 0. The van der Waals surface area contributed by atoms with E-state index < -0.39 is 22.7 Å². The molecular formula is C25H22N2O3S. The van der Waals surface area contributed by atoms with E-state index in [9.17, 15) is 13.8 Å². The predicted molar refractivity (Wildman–Crippen MR) is 124 cm³/mol. The molecule has 156 valence electrons. The first-order chi connectivity index (χ1) is 15.0. The molecular weight excluding hydrogens is 408 g/mol. The molecule has 4 aromatic carbocycles. The zero-order valence-corrected chi connectivity index (χ0v) is 17.6. The van der Waals surface area contributed by atoms with Crippen molar-refractivity contribution in [1.82, 2.24) is 5.32 Å². The van der Waals surface area contributed by atoms with E-state index >= 15 is 0 Å². The number of amides is 2. The van der Waals surface area contributed by atoms with Crippen LogP contribution in [0.4, 0.5) is 0 Å². The number of carbonyl (C=O) groups excluding carboxylic acids is 2. The summed E-state index contributed by atoms with van der Waals surface area (Å²) in [5, 5.41) is 6.25. The molecule has 0 radical (unpaired) electrons. The van der Waals surface area contributed by atoms with Crippen LogP contribution in [0.25, 0.3) is 21.5 Å². The molecule has 0 aromatic heterocycles. The average Bonchev–Trinajstić information content (AvgIpc) is 2.80. The van der Waals surface area contributed by atoms with Crippen LogP contribution in [-0.2, 0) is 15.6 Å². The van der Waals surface area contributed by atoms with Gasteiger partial charge in [-0.3, -0.25) is 13.8 Å². The largest absolute Gasteiger partial charge is 0.368 e. The van der Waals surface area contributed by atoms with Crippen LogP contribution in [0.2, 0.25) is 0 Å². The van der Waals surface area contributed by atoms with Gasteiger partial charge in [0.25, 0.3) is 5.91 Å². The van der Waals surface area contributed by atoms with Crippen molar-refractivity contribution in [3.05, 3.63) is 90.5 Å². The standard InChI is InChI=1S/C25H22N2O3S/c26-24(28)22(14-15-31(30)19-10-2-1-3-11-19)27-25(29)23-20-12-6-4-8-17(20)16-18-9-5-7-13-21(18)23/h1-13,16,22H,14-15H2,(H2,26,28)(H,27,29)/t22-,31+/m0/s1. The maximum Gasteiger partial charge on any atom is 0.253 e. The normalized spacial score (nSPS) is 13.0. The fourth-order valence-corrected chi connectivity index (χ4v) is 4.84. The Morgan fingerprint density at radius 1 is 0.839 bits per heavy atom. The predicted octanol–water partition coefficient (Wildman–Crippen LogP) is 3.77. The number of hydrogen-bond acceptors (Lipinski definition) is 3. The second-order valence-corrected chi connectivity index (χ2v) is 8.84. The average molecular weight is 431 g/mol. The molecule has 2 atom stereocenters. The highest BCUT2D eigenvalue weighted by Crippen LogP contribution is 2.28. The zero-order valence-electron chi connectivity index (χ0n) is 16.8. The molecule has 0 fully saturated rings. The first-order valence-corrected chi connectivity index (χ1v) is 11.3. The van der Waals surface area contributed by atoms with Crippen LogP contribution in [0.5, 0.6) is 0 Å². The van der Waals surface area contributed by atoms with Crippen molar-refractivity contribution >= 4 is 44.2 Å².